The van der Waals surface area contributed by atoms with Crippen molar-refractivity contribution in [3.05, 3.63) is 61.8 Å². The van der Waals surface area contributed by atoms with Gasteiger partial charge in [-0.1, -0.05) is 52.5 Å². The monoisotopic (exact) mass is 408 g/mol. The second-order valence-electron chi connectivity index (χ2n) is 4.41. The van der Waals surface area contributed by atoms with Gasteiger partial charge in [-0.25, -0.2) is 9.82 Å². The zero-order chi connectivity index (χ0) is 17.7. The molecule has 0 spiro atoms. The van der Waals surface area contributed by atoms with Gasteiger partial charge in [-0.3, -0.25) is 4.79 Å². The number of hydrogen-bond acceptors (Lipinski definition) is 3. The average molecular weight is 410 g/mol. The van der Waals surface area contributed by atoms with Crippen molar-refractivity contribution < 1.29 is 13.9 Å². The molecule has 0 aromatic heterocycles. The number of nitrogens with one attached hydrogen (secondary N) is 1. The summed E-state index contributed by atoms with van der Waals surface area (Å²) in [6, 6.07) is 6.98. The molecular weight excluding hydrogens is 401 g/mol. The third-order valence-electron chi connectivity index (χ3n) is 2.72. The first-order valence-corrected chi connectivity index (χ1v) is 7.93. The van der Waals surface area contributed by atoms with Crippen molar-refractivity contribution in [2.45, 2.75) is 0 Å². The minimum Gasteiger partial charge on any atom is -0.482 e. The molecule has 2 aromatic carbocycles. The van der Waals surface area contributed by atoms with E-state index in [2.05, 4.69) is 10.5 Å². The van der Waals surface area contributed by atoms with E-state index in [1.165, 1.54) is 30.3 Å². The van der Waals surface area contributed by atoms with E-state index in [0.717, 1.165) is 6.21 Å². The molecule has 1 N–H and O–H groups in total. The molecule has 0 atom stereocenters. The number of nitrogens with zero attached hydrogens (tertiary/aromatic N) is 1. The Bertz CT molecular complexity index is 779. The molecular formula is C15H9Cl4FN2O2. The van der Waals surface area contributed by atoms with Crippen molar-refractivity contribution in [3.8, 4) is 5.75 Å². The Morgan fingerprint density at radius 2 is 1.83 bits per heavy atom. The van der Waals surface area contributed by atoms with Crippen molar-refractivity contribution in [1.29, 1.82) is 0 Å². The fourth-order valence-electron chi connectivity index (χ4n) is 1.59. The normalized spacial score (nSPS) is 10.9. The van der Waals surface area contributed by atoms with E-state index in [-0.39, 0.29) is 38.0 Å². The Morgan fingerprint density at radius 1 is 1.12 bits per heavy atom. The third kappa shape index (κ3) is 4.98. The van der Waals surface area contributed by atoms with Gasteiger partial charge in [0.1, 0.15) is 11.6 Å². The van der Waals surface area contributed by atoms with Crippen molar-refractivity contribution in [3.63, 3.8) is 0 Å². The van der Waals surface area contributed by atoms with E-state index in [1.807, 2.05) is 0 Å². The summed E-state index contributed by atoms with van der Waals surface area (Å²) in [5, 5.41) is 4.51. The summed E-state index contributed by atoms with van der Waals surface area (Å²) in [4.78, 5) is 11.7. The van der Waals surface area contributed by atoms with Gasteiger partial charge in [0, 0.05) is 11.6 Å². The predicted octanol–water partition coefficient (Wildman–Crippen LogP) is 4.97. The van der Waals surface area contributed by atoms with Crippen LogP contribution in [0.3, 0.4) is 0 Å². The Labute approximate surface area is 157 Å². The lowest BCUT2D eigenvalue weighted by Gasteiger charge is -2.08. The molecule has 0 saturated heterocycles. The van der Waals surface area contributed by atoms with Gasteiger partial charge in [0.05, 0.1) is 26.3 Å². The summed E-state index contributed by atoms with van der Waals surface area (Å²) in [5.41, 5.74) is 2.24. The summed E-state index contributed by atoms with van der Waals surface area (Å²) >= 11 is 23.4. The van der Waals surface area contributed by atoms with E-state index in [9.17, 15) is 9.18 Å². The van der Waals surface area contributed by atoms with Crippen LogP contribution in [-0.2, 0) is 4.79 Å². The smallest absolute Gasteiger partial charge is 0.277 e. The molecule has 0 radical (unpaired) electrons. The molecule has 0 aliphatic carbocycles. The van der Waals surface area contributed by atoms with Crippen molar-refractivity contribution >= 4 is 58.5 Å². The number of ether oxygens (including phenoxy) is 1. The number of carbonyl (C=O) groups excluding carboxylic acids is 1. The van der Waals surface area contributed by atoms with Gasteiger partial charge in [-0.2, -0.15) is 5.10 Å². The number of carbonyl (C=O) groups is 1. The van der Waals surface area contributed by atoms with Crippen molar-refractivity contribution in [2.75, 3.05) is 6.61 Å². The largest absolute Gasteiger partial charge is 0.482 e. The summed E-state index contributed by atoms with van der Waals surface area (Å²) < 4.78 is 18.7. The molecule has 1 amide bonds. The molecule has 0 fully saturated rings. The molecule has 126 valence electrons. The molecule has 4 nitrogen and oxygen atoms in total. The maximum atomic E-state index is 13.5. The highest BCUT2D eigenvalue weighted by Gasteiger charge is 2.09. The first-order chi connectivity index (χ1) is 11.4. The van der Waals surface area contributed by atoms with Gasteiger partial charge in [-0.05, 0) is 18.2 Å². The molecule has 0 heterocycles. The van der Waals surface area contributed by atoms with Crippen LogP contribution in [0.2, 0.25) is 20.1 Å². The highest BCUT2D eigenvalue weighted by Crippen LogP contribution is 2.33. The highest BCUT2D eigenvalue weighted by molar-refractivity contribution is 6.43. The van der Waals surface area contributed by atoms with Gasteiger partial charge >= 0.3 is 0 Å². The van der Waals surface area contributed by atoms with Crippen LogP contribution in [0.1, 0.15) is 5.56 Å². The Morgan fingerprint density at radius 3 is 2.54 bits per heavy atom. The number of halogens is 5. The number of rotatable bonds is 5. The van der Waals surface area contributed by atoms with Gasteiger partial charge in [-0.15, -0.1) is 0 Å². The third-order valence-corrected chi connectivity index (χ3v) is 4.06. The zero-order valence-electron chi connectivity index (χ0n) is 11.8. The predicted molar refractivity (Wildman–Crippen MR) is 94.1 cm³/mol. The second kappa shape index (κ2) is 8.53. The quantitative estimate of drug-likeness (QED) is 0.430. The van der Waals surface area contributed by atoms with E-state index < -0.39 is 11.7 Å². The molecule has 2 aromatic rings. The lowest BCUT2D eigenvalue weighted by Crippen LogP contribution is -2.24. The SMILES string of the molecule is O=C(COc1cc(Cl)c(Cl)cc1Cl)N/N=C/c1c(F)cccc1Cl. The van der Waals surface area contributed by atoms with Gasteiger partial charge in [0.2, 0.25) is 0 Å². The van der Waals surface area contributed by atoms with Crippen LogP contribution in [0, 0.1) is 5.82 Å². The number of benzene rings is 2. The maximum Gasteiger partial charge on any atom is 0.277 e. The van der Waals surface area contributed by atoms with Gasteiger partial charge in [0.25, 0.3) is 5.91 Å². The van der Waals surface area contributed by atoms with Gasteiger partial charge in [0.15, 0.2) is 6.61 Å². The molecule has 0 bridgehead atoms. The van der Waals surface area contributed by atoms with Crippen LogP contribution in [0.15, 0.2) is 35.4 Å². The summed E-state index contributed by atoms with van der Waals surface area (Å²) in [6.45, 7) is -0.375. The summed E-state index contributed by atoms with van der Waals surface area (Å²) in [5.74, 6) is -0.942. The molecule has 0 aliphatic heterocycles. The molecule has 0 unspecified atom stereocenters. The van der Waals surface area contributed by atoms with E-state index >= 15 is 0 Å². The lowest BCUT2D eigenvalue weighted by molar-refractivity contribution is -0.123. The molecule has 0 aliphatic rings. The molecule has 24 heavy (non-hydrogen) atoms. The Balaban J connectivity index is 1.92. The Hall–Kier alpha value is -1.53. The zero-order valence-corrected chi connectivity index (χ0v) is 14.8. The fraction of sp³-hybridized carbons (Fsp3) is 0.0667. The number of hydrazone groups is 1. The molecule has 0 saturated carbocycles. The average Bonchev–Trinajstić information content (AvgIpc) is 2.52. The van der Waals surface area contributed by atoms with E-state index in [4.69, 9.17) is 51.1 Å². The number of hydrogen-bond donors (Lipinski definition) is 1. The van der Waals surface area contributed by atoms with E-state index in [0.29, 0.717) is 0 Å². The Kier molecular flexibility index (Phi) is 6.69. The van der Waals surface area contributed by atoms with Crippen molar-refractivity contribution in [1.82, 2.24) is 5.43 Å². The van der Waals surface area contributed by atoms with Crippen molar-refractivity contribution in [2.24, 2.45) is 5.10 Å². The van der Waals surface area contributed by atoms with Crippen LogP contribution in [0.5, 0.6) is 5.75 Å². The van der Waals surface area contributed by atoms with Gasteiger partial charge < -0.3 is 4.74 Å². The first kappa shape index (κ1) is 18.8. The van der Waals surface area contributed by atoms with E-state index in [1.54, 1.807) is 0 Å². The van der Waals surface area contributed by atoms with Crippen LogP contribution < -0.4 is 10.2 Å². The molecule has 2 rings (SSSR count). The van der Waals surface area contributed by atoms with Crippen LogP contribution in [-0.4, -0.2) is 18.7 Å². The minimum atomic E-state index is -0.583. The topological polar surface area (TPSA) is 50.7 Å². The maximum absolute atomic E-state index is 13.5. The first-order valence-electron chi connectivity index (χ1n) is 6.41. The minimum absolute atomic E-state index is 0.0629. The summed E-state index contributed by atoms with van der Waals surface area (Å²) in [7, 11) is 0. The second-order valence-corrected chi connectivity index (χ2v) is 6.04. The van der Waals surface area contributed by atoms with Crippen LogP contribution in [0.4, 0.5) is 4.39 Å². The van der Waals surface area contributed by atoms with Crippen LogP contribution in [0.25, 0.3) is 0 Å². The standard InChI is InChI=1S/C15H9Cl4FN2O2/c16-9-2-1-3-13(20)8(9)6-21-22-15(23)7-24-14-5-11(18)10(17)4-12(14)19/h1-6H,7H2,(H,22,23)/b21-6+. The fourth-order valence-corrected chi connectivity index (χ4v) is 2.40. The highest BCUT2D eigenvalue weighted by atomic mass is 35.5. The number of amides is 1. The summed E-state index contributed by atoms with van der Waals surface area (Å²) in [6.07, 6.45) is 1.10. The lowest BCUT2D eigenvalue weighted by atomic mass is 10.2. The molecule has 9 heteroatoms. The van der Waals surface area contributed by atoms with Crippen LogP contribution >= 0.6 is 46.4 Å².